The van der Waals surface area contributed by atoms with Crippen LogP contribution in [-0.2, 0) is 25.7 Å². The van der Waals surface area contributed by atoms with E-state index in [1.165, 1.54) is 61.2 Å². The molecule has 0 nitrogen and oxygen atoms in total. The Balaban J connectivity index is 2.42. The first-order valence-corrected chi connectivity index (χ1v) is 11.0. The van der Waals surface area contributed by atoms with Gasteiger partial charge in [0.1, 0.15) is 0 Å². The van der Waals surface area contributed by atoms with E-state index in [9.17, 15) is 0 Å². The van der Waals surface area contributed by atoms with Gasteiger partial charge in [0.15, 0.2) is 0 Å². The van der Waals surface area contributed by atoms with Crippen LogP contribution in [0.3, 0.4) is 0 Å². The molecular formula is C24H34S. The zero-order valence-corrected chi connectivity index (χ0v) is 17.3. The average molecular weight is 355 g/mol. The maximum atomic E-state index is 2.33. The van der Waals surface area contributed by atoms with E-state index in [1.54, 1.807) is 22.3 Å². The summed E-state index contributed by atoms with van der Waals surface area (Å²) in [5, 5.41) is 0. The predicted octanol–water partition coefficient (Wildman–Crippen LogP) is 7.65. The smallest absolute Gasteiger partial charge is 0.0157 e. The zero-order valence-electron chi connectivity index (χ0n) is 16.5. The number of benzene rings is 2. The van der Waals surface area contributed by atoms with Crippen molar-refractivity contribution in [2.45, 2.75) is 88.9 Å². The Morgan fingerprint density at radius 2 is 0.960 bits per heavy atom. The van der Waals surface area contributed by atoms with Crippen molar-refractivity contribution in [3.63, 3.8) is 0 Å². The second-order valence-electron chi connectivity index (χ2n) is 6.89. The molecule has 0 atom stereocenters. The molecule has 0 amide bonds. The molecule has 0 aliphatic rings. The second-order valence-corrected chi connectivity index (χ2v) is 7.97. The van der Waals surface area contributed by atoms with Crippen LogP contribution in [0.2, 0.25) is 0 Å². The Labute approximate surface area is 159 Å². The fourth-order valence-corrected chi connectivity index (χ4v) is 4.85. The first-order valence-electron chi connectivity index (χ1n) is 10.1. The highest BCUT2D eigenvalue weighted by Crippen LogP contribution is 2.37. The molecule has 0 aliphatic heterocycles. The molecule has 0 fully saturated rings. The molecule has 0 saturated carbocycles. The van der Waals surface area contributed by atoms with Crippen LogP contribution in [0.1, 0.15) is 75.6 Å². The Morgan fingerprint density at radius 1 is 0.560 bits per heavy atom. The Hall–Kier alpha value is -1.21. The third kappa shape index (κ3) is 5.38. The molecule has 0 radical (unpaired) electrons. The van der Waals surface area contributed by atoms with Crippen LogP contribution in [0, 0.1) is 0 Å². The molecule has 2 rings (SSSR count). The molecular weight excluding hydrogens is 320 g/mol. The van der Waals surface area contributed by atoms with Gasteiger partial charge in [0, 0.05) is 9.79 Å². The van der Waals surface area contributed by atoms with Gasteiger partial charge in [-0.25, -0.2) is 0 Å². The number of aryl methyl sites for hydroxylation is 2. The van der Waals surface area contributed by atoms with Crippen LogP contribution in [0.4, 0.5) is 0 Å². The van der Waals surface area contributed by atoms with Gasteiger partial charge in [-0.05, 0) is 60.1 Å². The van der Waals surface area contributed by atoms with E-state index >= 15 is 0 Å². The van der Waals surface area contributed by atoms with Crippen molar-refractivity contribution in [2.75, 3.05) is 0 Å². The Bertz CT molecular complexity index is 600. The summed E-state index contributed by atoms with van der Waals surface area (Å²) in [7, 11) is 0. The van der Waals surface area contributed by atoms with Crippen molar-refractivity contribution in [1.29, 1.82) is 0 Å². The minimum atomic E-state index is 1.19. The van der Waals surface area contributed by atoms with Gasteiger partial charge in [0.05, 0.1) is 0 Å². The van der Waals surface area contributed by atoms with E-state index in [2.05, 4.69) is 64.1 Å². The molecule has 2 aromatic rings. The molecule has 0 bridgehead atoms. The van der Waals surface area contributed by atoms with Gasteiger partial charge in [-0.3, -0.25) is 0 Å². The van der Waals surface area contributed by atoms with Crippen LogP contribution in [0.25, 0.3) is 0 Å². The summed E-state index contributed by atoms with van der Waals surface area (Å²) >= 11 is 2.00. The lowest BCUT2D eigenvalue weighted by atomic mass is 9.99. The minimum Gasteiger partial charge on any atom is -0.0895 e. The van der Waals surface area contributed by atoms with Crippen LogP contribution in [0.15, 0.2) is 46.2 Å². The van der Waals surface area contributed by atoms with Crippen molar-refractivity contribution in [1.82, 2.24) is 0 Å². The maximum absolute atomic E-state index is 2.33. The van der Waals surface area contributed by atoms with E-state index in [1.807, 2.05) is 11.8 Å². The molecule has 0 spiro atoms. The van der Waals surface area contributed by atoms with E-state index in [0.29, 0.717) is 0 Å². The summed E-state index contributed by atoms with van der Waals surface area (Å²) in [6.07, 6.45) is 9.64. The lowest BCUT2D eigenvalue weighted by Crippen LogP contribution is -1.99. The van der Waals surface area contributed by atoms with E-state index in [0.717, 1.165) is 0 Å². The third-order valence-electron chi connectivity index (χ3n) is 4.72. The van der Waals surface area contributed by atoms with Crippen molar-refractivity contribution in [3.8, 4) is 0 Å². The average Bonchev–Trinajstić information content (AvgIpc) is 2.61. The number of hydrogen-bond acceptors (Lipinski definition) is 1. The summed E-state index contributed by atoms with van der Waals surface area (Å²) in [6, 6.07) is 13.8. The van der Waals surface area contributed by atoms with Crippen molar-refractivity contribution in [2.24, 2.45) is 0 Å². The highest BCUT2D eigenvalue weighted by Gasteiger charge is 2.13. The van der Waals surface area contributed by atoms with Gasteiger partial charge in [-0.15, -0.1) is 0 Å². The normalized spacial score (nSPS) is 11.0. The molecule has 136 valence electrons. The van der Waals surface area contributed by atoms with Gasteiger partial charge in [0.2, 0.25) is 0 Å². The highest BCUT2D eigenvalue weighted by molar-refractivity contribution is 7.99. The van der Waals surface area contributed by atoms with E-state index in [4.69, 9.17) is 0 Å². The van der Waals surface area contributed by atoms with Crippen LogP contribution >= 0.6 is 11.8 Å². The van der Waals surface area contributed by atoms with Crippen LogP contribution < -0.4 is 0 Å². The van der Waals surface area contributed by atoms with Crippen molar-refractivity contribution < 1.29 is 0 Å². The Morgan fingerprint density at radius 3 is 1.32 bits per heavy atom. The lowest BCUT2D eigenvalue weighted by molar-refractivity contribution is 0.838. The van der Waals surface area contributed by atoms with Gasteiger partial charge >= 0.3 is 0 Å². The Kier molecular flexibility index (Phi) is 8.61. The molecule has 2 aromatic carbocycles. The van der Waals surface area contributed by atoms with Gasteiger partial charge in [-0.2, -0.15) is 0 Å². The van der Waals surface area contributed by atoms with Crippen LogP contribution in [0.5, 0.6) is 0 Å². The van der Waals surface area contributed by atoms with Crippen LogP contribution in [-0.4, -0.2) is 0 Å². The lowest BCUT2D eigenvalue weighted by Gasteiger charge is -2.17. The highest BCUT2D eigenvalue weighted by atomic mass is 32.2. The zero-order chi connectivity index (χ0) is 18.1. The first-order chi connectivity index (χ1) is 12.2. The molecule has 0 aromatic heterocycles. The quantitative estimate of drug-likeness (QED) is 0.422. The summed E-state index contributed by atoms with van der Waals surface area (Å²) in [5.74, 6) is 0. The summed E-state index contributed by atoms with van der Waals surface area (Å²) in [6.45, 7) is 9.15. The fourth-order valence-electron chi connectivity index (χ4n) is 3.61. The second kappa shape index (κ2) is 10.7. The maximum Gasteiger partial charge on any atom is 0.0157 e. The standard InChI is InChI=1S/C24H34S/c1-5-11-19-15-9-17-23(21(19)13-7-3)25-24-18-10-16-20(12-6-2)22(24)14-8-4/h9-10,15-18H,5-8,11-14H2,1-4H3. The third-order valence-corrected chi connectivity index (χ3v) is 5.92. The SMILES string of the molecule is CCCc1cccc(Sc2cccc(CCC)c2CCC)c1CCC. The van der Waals surface area contributed by atoms with Gasteiger partial charge in [0.25, 0.3) is 0 Å². The monoisotopic (exact) mass is 354 g/mol. The van der Waals surface area contributed by atoms with E-state index in [-0.39, 0.29) is 0 Å². The summed E-state index contributed by atoms with van der Waals surface area (Å²) in [5.41, 5.74) is 6.27. The molecule has 0 unspecified atom stereocenters. The van der Waals surface area contributed by atoms with Gasteiger partial charge in [-0.1, -0.05) is 89.4 Å². The molecule has 0 saturated heterocycles. The topological polar surface area (TPSA) is 0 Å². The van der Waals surface area contributed by atoms with Crippen molar-refractivity contribution in [3.05, 3.63) is 58.7 Å². The first kappa shape index (κ1) is 20.1. The molecule has 25 heavy (non-hydrogen) atoms. The fraction of sp³-hybridized carbons (Fsp3) is 0.500. The minimum absolute atomic E-state index is 1.19. The molecule has 1 heteroatoms. The van der Waals surface area contributed by atoms with Gasteiger partial charge < -0.3 is 0 Å². The number of rotatable bonds is 10. The summed E-state index contributed by atoms with van der Waals surface area (Å²) < 4.78 is 0. The molecule has 0 N–H and O–H groups in total. The molecule has 0 aliphatic carbocycles. The molecule has 0 heterocycles. The number of hydrogen-bond donors (Lipinski definition) is 0. The van der Waals surface area contributed by atoms with Crippen molar-refractivity contribution >= 4 is 11.8 Å². The summed E-state index contributed by atoms with van der Waals surface area (Å²) in [4.78, 5) is 2.94. The largest absolute Gasteiger partial charge is 0.0895 e. The van der Waals surface area contributed by atoms with E-state index < -0.39 is 0 Å². The predicted molar refractivity (Wildman–Crippen MR) is 113 cm³/mol.